The van der Waals surface area contributed by atoms with E-state index in [0.29, 0.717) is 0 Å². The molecule has 0 amide bonds. The average molecular weight is 166 g/mol. The highest BCUT2D eigenvalue weighted by atomic mass is 14.7. The van der Waals surface area contributed by atoms with Gasteiger partial charge in [0.2, 0.25) is 0 Å². The molecule has 0 bridgehead atoms. The van der Waals surface area contributed by atoms with Gasteiger partial charge in [0.05, 0.1) is 0 Å². The van der Waals surface area contributed by atoms with Crippen molar-refractivity contribution in [2.75, 3.05) is 0 Å². The molecule has 12 heavy (non-hydrogen) atoms. The van der Waals surface area contributed by atoms with Gasteiger partial charge >= 0.3 is 0 Å². The van der Waals surface area contributed by atoms with Crippen LogP contribution in [0, 0.1) is 35.0 Å². The molecule has 2 saturated carbocycles. The average Bonchev–Trinajstić information content (AvgIpc) is 2.39. The van der Waals surface area contributed by atoms with Gasteiger partial charge in [0.15, 0.2) is 0 Å². The van der Waals surface area contributed by atoms with Crippen LogP contribution in [0.15, 0.2) is 0 Å². The molecule has 0 saturated heterocycles. The second kappa shape index (κ2) is 2.27. The van der Waals surface area contributed by atoms with Crippen molar-refractivity contribution in [1.29, 1.82) is 0 Å². The van der Waals surface area contributed by atoms with Crippen molar-refractivity contribution >= 4 is 0 Å². The molecule has 0 radical (unpaired) electrons. The molecule has 0 heteroatoms. The Morgan fingerprint density at radius 1 is 1.25 bits per heavy atom. The molecule has 0 N–H and O–H groups in total. The van der Waals surface area contributed by atoms with Gasteiger partial charge in [-0.3, -0.25) is 0 Å². The van der Waals surface area contributed by atoms with Gasteiger partial charge in [-0.05, 0) is 41.4 Å². The molecule has 0 heterocycles. The Hall–Kier alpha value is 0. The molecule has 70 valence electrons. The first-order valence-electron chi connectivity index (χ1n) is 5.49. The van der Waals surface area contributed by atoms with E-state index >= 15 is 0 Å². The van der Waals surface area contributed by atoms with Crippen LogP contribution >= 0.6 is 0 Å². The van der Waals surface area contributed by atoms with Gasteiger partial charge in [0, 0.05) is 0 Å². The Labute approximate surface area is 76.7 Å². The van der Waals surface area contributed by atoms with E-state index in [-0.39, 0.29) is 0 Å². The summed E-state index contributed by atoms with van der Waals surface area (Å²) in [6.07, 6.45) is 1.50. The van der Waals surface area contributed by atoms with Gasteiger partial charge in [0.1, 0.15) is 0 Å². The summed E-state index contributed by atoms with van der Waals surface area (Å²) in [6, 6.07) is 0. The summed E-state index contributed by atoms with van der Waals surface area (Å²) >= 11 is 0. The lowest BCUT2D eigenvalue weighted by Crippen LogP contribution is -2.23. The Morgan fingerprint density at radius 3 is 2.17 bits per heavy atom. The van der Waals surface area contributed by atoms with E-state index < -0.39 is 0 Å². The lowest BCUT2D eigenvalue weighted by Gasteiger charge is -2.29. The van der Waals surface area contributed by atoms with Gasteiger partial charge in [-0.1, -0.05) is 34.6 Å². The molecule has 0 spiro atoms. The molecular formula is C12H22. The molecule has 0 aromatic heterocycles. The Kier molecular flexibility index (Phi) is 1.63. The molecule has 2 aliphatic rings. The monoisotopic (exact) mass is 166 g/mol. The van der Waals surface area contributed by atoms with Crippen LogP contribution in [0.2, 0.25) is 0 Å². The molecular weight excluding hydrogens is 144 g/mol. The maximum Gasteiger partial charge on any atom is -0.0233 e. The third-order valence-electron chi connectivity index (χ3n) is 4.95. The van der Waals surface area contributed by atoms with Gasteiger partial charge < -0.3 is 0 Å². The quantitative estimate of drug-likeness (QED) is 0.558. The molecule has 0 aromatic carbocycles. The maximum atomic E-state index is 2.52. The van der Waals surface area contributed by atoms with Gasteiger partial charge in [-0.25, -0.2) is 0 Å². The highest BCUT2D eigenvalue weighted by Crippen LogP contribution is 2.73. The van der Waals surface area contributed by atoms with Crippen LogP contribution in [0.3, 0.4) is 0 Å². The number of hydrogen-bond donors (Lipinski definition) is 0. The van der Waals surface area contributed by atoms with Crippen LogP contribution in [0.4, 0.5) is 0 Å². The molecule has 5 unspecified atom stereocenters. The SMILES string of the molecule is CC(C)C1C(C)CC2C(C)C21C. The number of fused-ring (bicyclic) bond motifs is 1. The van der Waals surface area contributed by atoms with Crippen molar-refractivity contribution in [2.45, 2.75) is 41.0 Å². The summed E-state index contributed by atoms with van der Waals surface area (Å²) in [6.45, 7) is 12.2. The van der Waals surface area contributed by atoms with E-state index in [0.717, 1.165) is 35.0 Å². The first-order valence-corrected chi connectivity index (χ1v) is 5.49. The highest BCUT2D eigenvalue weighted by molar-refractivity contribution is 5.15. The van der Waals surface area contributed by atoms with E-state index in [1.807, 2.05) is 0 Å². The number of rotatable bonds is 1. The Balaban J connectivity index is 2.20. The van der Waals surface area contributed by atoms with Crippen molar-refractivity contribution in [3.05, 3.63) is 0 Å². The van der Waals surface area contributed by atoms with Crippen molar-refractivity contribution < 1.29 is 0 Å². The molecule has 0 aliphatic heterocycles. The Bertz CT molecular complexity index is 194. The van der Waals surface area contributed by atoms with E-state index in [4.69, 9.17) is 0 Å². The van der Waals surface area contributed by atoms with E-state index in [9.17, 15) is 0 Å². The topological polar surface area (TPSA) is 0 Å². The zero-order valence-corrected chi connectivity index (χ0v) is 9.09. The van der Waals surface area contributed by atoms with Crippen LogP contribution in [0.1, 0.15) is 41.0 Å². The summed E-state index contributed by atoms with van der Waals surface area (Å²) < 4.78 is 0. The van der Waals surface area contributed by atoms with Gasteiger partial charge in [-0.15, -0.1) is 0 Å². The van der Waals surface area contributed by atoms with E-state index in [1.165, 1.54) is 6.42 Å². The summed E-state index contributed by atoms with van der Waals surface area (Å²) in [5.74, 6) is 4.95. The molecule has 0 aromatic rings. The smallest absolute Gasteiger partial charge is 0.0233 e. The summed E-state index contributed by atoms with van der Waals surface area (Å²) in [5, 5.41) is 0. The molecule has 2 fully saturated rings. The summed E-state index contributed by atoms with van der Waals surface area (Å²) in [7, 11) is 0. The molecule has 0 nitrogen and oxygen atoms in total. The van der Waals surface area contributed by atoms with Crippen molar-refractivity contribution in [3.8, 4) is 0 Å². The fourth-order valence-corrected chi connectivity index (χ4v) is 4.41. The summed E-state index contributed by atoms with van der Waals surface area (Å²) in [4.78, 5) is 0. The first kappa shape index (κ1) is 8.59. The van der Waals surface area contributed by atoms with Crippen LogP contribution in [-0.4, -0.2) is 0 Å². The van der Waals surface area contributed by atoms with Crippen LogP contribution < -0.4 is 0 Å². The lowest BCUT2D eigenvalue weighted by atomic mass is 9.76. The first-order chi connectivity index (χ1) is 5.49. The van der Waals surface area contributed by atoms with Gasteiger partial charge in [-0.2, -0.15) is 0 Å². The highest BCUT2D eigenvalue weighted by Gasteiger charge is 2.67. The second-order valence-electron chi connectivity index (χ2n) is 5.74. The normalized spacial score (nSPS) is 57.5. The van der Waals surface area contributed by atoms with Crippen LogP contribution in [0.25, 0.3) is 0 Å². The van der Waals surface area contributed by atoms with E-state index in [2.05, 4.69) is 34.6 Å². The lowest BCUT2D eigenvalue weighted by molar-refractivity contribution is 0.190. The predicted octanol–water partition coefficient (Wildman–Crippen LogP) is 3.57. The number of hydrogen-bond acceptors (Lipinski definition) is 0. The van der Waals surface area contributed by atoms with Crippen LogP contribution in [0.5, 0.6) is 0 Å². The minimum Gasteiger partial charge on any atom is -0.0625 e. The maximum absolute atomic E-state index is 2.52. The largest absolute Gasteiger partial charge is 0.0625 e. The molecule has 2 rings (SSSR count). The van der Waals surface area contributed by atoms with Crippen LogP contribution in [-0.2, 0) is 0 Å². The zero-order chi connectivity index (χ0) is 9.09. The fourth-order valence-electron chi connectivity index (χ4n) is 4.41. The predicted molar refractivity (Wildman–Crippen MR) is 52.9 cm³/mol. The summed E-state index contributed by atoms with van der Waals surface area (Å²) in [5.41, 5.74) is 0.730. The second-order valence-corrected chi connectivity index (χ2v) is 5.74. The standard InChI is InChI=1S/C12H22/c1-7(2)11-8(3)6-10-9(4)12(10,11)5/h7-11H,6H2,1-5H3. The van der Waals surface area contributed by atoms with Crippen molar-refractivity contribution in [2.24, 2.45) is 35.0 Å². The third kappa shape index (κ3) is 0.791. The molecule has 2 aliphatic carbocycles. The fraction of sp³-hybridized carbons (Fsp3) is 1.00. The van der Waals surface area contributed by atoms with E-state index in [1.54, 1.807) is 0 Å². The minimum atomic E-state index is 0.730. The minimum absolute atomic E-state index is 0.730. The Morgan fingerprint density at radius 2 is 1.83 bits per heavy atom. The van der Waals surface area contributed by atoms with Crippen molar-refractivity contribution in [3.63, 3.8) is 0 Å². The van der Waals surface area contributed by atoms with Gasteiger partial charge in [0.25, 0.3) is 0 Å². The third-order valence-corrected chi connectivity index (χ3v) is 4.95. The van der Waals surface area contributed by atoms with Crippen molar-refractivity contribution in [1.82, 2.24) is 0 Å². The zero-order valence-electron chi connectivity index (χ0n) is 9.09. The molecule has 5 atom stereocenters.